The molecule has 1 saturated carbocycles. The molecule has 0 atom stereocenters. The van der Waals surface area contributed by atoms with Crippen LogP contribution < -0.4 is 5.32 Å². The standard InChI is InChI=1S/C14H26N2O2/c1-10(2)16-6-4-11(5-7-16)14(17)15-12-8-13(9-12)18-3/h10-13H,4-9H2,1-3H3,(H,15,17). The number of likely N-dealkylation sites (tertiary alicyclic amines) is 1. The van der Waals surface area contributed by atoms with Crippen molar-refractivity contribution in [1.82, 2.24) is 10.2 Å². The lowest BCUT2D eigenvalue weighted by atomic mass is 9.87. The van der Waals surface area contributed by atoms with E-state index in [1.165, 1.54) is 0 Å². The Balaban J connectivity index is 1.68. The predicted octanol–water partition coefficient (Wildman–Crippen LogP) is 1.40. The summed E-state index contributed by atoms with van der Waals surface area (Å²) in [7, 11) is 1.74. The van der Waals surface area contributed by atoms with Gasteiger partial charge >= 0.3 is 0 Å². The monoisotopic (exact) mass is 254 g/mol. The van der Waals surface area contributed by atoms with E-state index in [1.807, 2.05) is 0 Å². The normalized spacial score (nSPS) is 30.2. The first-order valence-electron chi connectivity index (χ1n) is 7.17. The van der Waals surface area contributed by atoms with E-state index in [-0.39, 0.29) is 11.8 Å². The number of piperidine rings is 1. The van der Waals surface area contributed by atoms with Gasteiger partial charge < -0.3 is 15.0 Å². The number of carbonyl (C=O) groups excluding carboxylic acids is 1. The molecule has 1 aliphatic heterocycles. The van der Waals surface area contributed by atoms with Gasteiger partial charge in [-0.1, -0.05) is 0 Å². The first kappa shape index (κ1) is 13.8. The Labute approximate surface area is 110 Å². The van der Waals surface area contributed by atoms with Crippen LogP contribution in [0.5, 0.6) is 0 Å². The third-order valence-corrected chi connectivity index (χ3v) is 4.41. The van der Waals surface area contributed by atoms with Crippen LogP contribution in [0.25, 0.3) is 0 Å². The van der Waals surface area contributed by atoms with Gasteiger partial charge in [0.05, 0.1) is 6.10 Å². The van der Waals surface area contributed by atoms with Crippen molar-refractivity contribution in [1.29, 1.82) is 0 Å². The maximum atomic E-state index is 12.1. The Morgan fingerprint density at radius 1 is 1.28 bits per heavy atom. The van der Waals surface area contributed by atoms with Crippen LogP contribution in [0.2, 0.25) is 0 Å². The van der Waals surface area contributed by atoms with Crippen LogP contribution >= 0.6 is 0 Å². The SMILES string of the molecule is COC1CC(NC(=O)C2CCN(C(C)C)CC2)C1. The number of methoxy groups -OCH3 is 1. The predicted molar refractivity (Wildman–Crippen MR) is 71.4 cm³/mol. The smallest absolute Gasteiger partial charge is 0.223 e. The van der Waals surface area contributed by atoms with E-state index in [4.69, 9.17) is 4.74 Å². The summed E-state index contributed by atoms with van der Waals surface area (Å²) >= 11 is 0. The number of hydrogen-bond donors (Lipinski definition) is 1. The quantitative estimate of drug-likeness (QED) is 0.824. The highest BCUT2D eigenvalue weighted by molar-refractivity contribution is 5.79. The topological polar surface area (TPSA) is 41.6 Å². The lowest BCUT2D eigenvalue weighted by Gasteiger charge is -2.37. The summed E-state index contributed by atoms with van der Waals surface area (Å²) in [6.07, 6.45) is 4.33. The van der Waals surface area contributed by atoms with Crippen molar-refractivity contribution < 1.29 is 9.53 Å². The molecule has 1 N–H and O–H groups in total. The summed E-state index contributed by atoms with van der Waals surface area (Å²) in [6.45, 7) is 6.56. The zero-order valence-electron chi connectivity index (χ0n) is 11.8. The van der Waals surface area contributed by atoms with E-state index in [2.05, 4.69) is 24.1 Å². The zero-order valence-corrected chi connectivity index (χ0v) is 11.8. The molecule has 4 heteroatoms. The second-order valence-corrected chi connectivity index (χ2v) is 5.94. The Morgan fingerprint density at radius 3 is 2.39 bits per heavy atom. The van der Waals surface area contributed by atoms with Crippen molar-refractivity contribution in [3.63, 3.8) is 0 Å². The van der Waals surface area contributed by atoms with E-state index >= 15 is 0 Å². The van der Waals surface area contributed by atoms with Crippen LogP contribution in [-0.4, -0.2) is 49.2 Å². The summed E-state index contributed by atoms with van der Waals surface area (Å²) in [4.78, 5) is 14.6. The number of amides is 1. The van der Waals surface area contributed by atoms with Gasteiger partial charge in [-0.05, 0) is 52.6 Å². The Kier molecular flexibility index (Phi) is 4.62. The fraction of sp³-hybridized carbons (Fsp3) is 0.929. The van der Waals surface area contributed by atoms with Gasteiger partial charge in [-0.15, -0.1) is 0 Å². The molecule has 2 rings (SSSR count). The molecule has 0 aromatic heterocycles. The molecule has 2 aliphatic rings. The lowest BCUT2D eigenvalue weighted by molar-refractivity contribution is -0.129. The minimum Gasteiger partial charge on any atom is -0.381 e. The highest BCUT2D eigenvalue weighted by Crippen LogP contribution is 2.24. The first-order chi connectivity index (χ1) is 8.60. The van der Waals surface area contributed by atoms with Gasteiger partial charge in [0.25, 0.3) is 0 Å². The third kappa shape index (κ3) is 3.23. The van der Waals surface area contributed by atoms with Gasteiger partial charge in [0.15, 0.2) is 0 Å². The maximum absolute atomic E-state index is 12.1. The van der Waals surface area contributed by atoms with Gasteiger partial charge in [-0.2, -0.15) is 0 Å². The first-order valence-corrected chi connectivity index (χ1v) is 7.17. The highest BCUT2D eigenvalue weighted by atomic mass is 16.5. The molecule has 1 saturated heterocycles. The minimum absolute atomic E-state index is 0.224. The van der Waals surface area contributed by atoms with Crippen LogP contribution in [0.1, 0.15) is 39.5 Å². The van der Waals surface area contributed by atoms with Crippen LogP contribution in [0.4, 0.5) is 0 Å². The van der Waals surface area contributed by atoms with Crippen molar-refractivity contribution >= 4 is 5.91 Å². The molecule has 1 aliphatic carbocycles. The average Bonchev–Trinajstić information content (AvgIpc) is 2.33. The van der Waals surface area contributed by atoms with E-state index in [0.29, 0.717) is 18.2 Å². The van der Waals surface area contributed by atoms with E-state index in [9.17, 15) is 4.79 Å². The largest absolute Gasteiger partial charge is 0.381 e. The molecule has 2 fully saturated rings. The number of nitrogens with one attached hydrogen (secondary N) is 1. The third-order valence-electron chi connectivity index (χ3n) is 4.41. The fourth-order valence-electron chi connectivity index (χ4n) is 2.87. The number of rotatable bonds is 4. The van der Waals surface area contributed by atoms with Gasteiger partial charge in [0, 0.05) is 25.1 Å². The Morgan fingerprint density at radius 2 is 1.89 bits per heavy atom. The fourth-order valence-corrected chi connectivity index (χ4v) is 2.87. The van der Waals surface area contributed by atoms with Gasteiger partial charge in [-0.25, -0.2) is 0 Å². The minimum atomic E-state index is 0.224. The summed E-state index contributed by atoms with van der Waals surface area (Å²) in [5, 5.41) is 3.16. The number of hydrogen-bond acceptors (Lipinski definition) is 3. The molecule has 0 aromatic carbocycles. The molecule has 1 amide bonds. The lowest BCUT2D eigenvalue weighted by Crippen LogP contribution is -2.51. The van der Waals surface area contributed by atoms with Crippen molar-refractivity contribution in [3.8, 4) is 0 Å². The van der Waals surface area contributed by atoms with Crippen molar-refractivity contribution in [3.05, 3.63) is 0 Å². The van der Waals surface area contributed by atoms with Gasteiger partial charge in [0.1, 0.15) is 0 Å². The number of carbonyl (C=O) groups is 1. The second kappa shape index (κ2) is 6.02. The molecule has 0 radical (unpaired) electrons. The molecular formula is C14H26N2O2. The molecule has 0 unspecified atom stereocenters. The van der Waals surface area contributed by atoms with E-state index < -0.39 is 0 Å². The summed E-state index contributed by atoms with van der Waals surface area (Å²) in [6, 6.07) is 0.952. The van der Waals surface area contributed by atoms with Crippen LogP contribution in [0.3, 0.4) is 0 Å². The zero-order chi connectivity index (χ0) is 13.1. The highest BCUT2D eigenvalue weighted by Gasteiger charge is 2.33. The Bertz CT molecular complexity index is 280. The van der Waals surface area contributed by atoms with Crippen LogP contribution in [0.15, 0.2) is 0 Å². The second-order valence-electron chi connectivity index (χ2n) is 5.94. The average molecular weight is 254 g/mol. The summed E-state index contributed by atoms with van der Waals surface area (Å²) < 4.78 is 5.23. The van der Waals surface area contributed by atoms with Crippen LogP contribution in [-0.2, 0) is 9.53 Å². The molecule has 0 spiro atoms. The van der Waals surface area contributed by atoms with Crippen molar-refractivity contribution in [2.24, 2.45) is 5.92 Å². The molecule has 18 heavy (non-hydrogen) atoms. The van der Waals surface area contributed by atoms with Crippen LogP contribution in [0, 0.1) is 5.92 Å². The van der Waals surface area contributed by atoms with Gasteiger partial charge in [0.2, 0.25) is 5.91 Å². The molecule has 0 aromatic rings. The molecule has 0 bridgehead atoms. The summed E-state index contributed by atoms with van der Waals surface area (Å²) in [5.41, 5.74) is 0. The van der Waals surface area contributed by atoms with Crippen molar-refractivity contribution in [2.75, 3.05) is 20.2 Å². The molecule has 1 heterocycles. The summed E-state index contributed by atoms with van der Waals surface area (Å²) in [5.74, 6) is 0.486. The number of ether oxygens (including phenoxy) is 1. The molecule has 104 valence electrons. The van der Waals surface area contributed by atoms with Gasteiger partial charge in [-0.3, -0.25) is 4.79 Å². The van der Waals surface area contributed by atoms with E-state index in [1.54, 1.807) is 7.11 Å². The maximum Gasteiger partial charge on any atom is 0.223 e. The number of nitrogens with zero attached hydrogens (tertiary/aromatic N) is 1. The Hall–Kier alpha value is -0.610. The van der Waals surface area contributed by atoms with Crippen molar-refractivity contribution in [2.45, 2.75) is 57.7 Å². The molecule has 4 nitrogen and oxygen atoms in total. The molecular weight excluding hydrogens is 228 g/mol. The van der Waals surface area contributed by atoms with E-state index in [0.717, 1.165) is 38.8 Å².